The van der Waals surface area contributed by atoms with Gasteiger partial charge in [0.2, 0.25) is 0 Å². The molecule has 0 atom stereocenters. The van der Waals surface area contributed by atoms with Gasteiger partial charge in [-0.3, -0.25) is 13.2 Å². The van der Waals surface area contributed by atoms with Crippen molar-refractivity contribution in [2.24, 2.45) is 0 Å². The Labute approximate surface area is 709 Å². The van der Waals surface area contributed by atoms with E-state index < -0.39 is 21.4 Å². The molecular formula is C111H75N6O3P3. The minimum absolute atomic E-state index is 0.830. The second-order valence-corrected chi connectivity index (χ2v) is 39.4. The van der Waals surface area contributed by atoms with Crippen LogP contribution in [0.2, 0.25) is 0 Å². The molecule has 0 amide bonds. The van der Waals surface area contributed by atoms with Crippen molar-refractivity contribution in [3.05, 3.63) is 455 Å². The van der Waals surface area contributed by atoms with Crippen LogP contribution >= 0.6 is 21.4 Å². The normalized spacial score (nSPS) is 12.0. The molecule has 6 aromatic heterocycles. The number of nitrogens with zero attached hydrogens (tertiary/aromatic N) is 6. The quantitative estimate of drug-likeness (QED) is 0.0892. The number of hydrogen-bond acceptors (Lipinski definition) is 6. The van der Waals surface area contributed by atoms with Crippen molar-refractivity contribution in [3.8, 4) is 33.4 Å². The van der Waals surface area contributed by atoms with Crippen LogP contribution in [0.3, 0.4) is 0 Å². The van der Waals surface area contributed by atoms with Crippen LogP contribution in [-0.4, -0.2) is 28.2 Å². The SMILES string of the molecule is O=P(c1ccccc1)(c1ccccc1)c1ccc(-c2ccc(-c3ccc4c(c3)c3ccccc3c3nc5ccccc5n43)cc2)cc1.O=P(c1ccccc1)(c1ccccc1)c1ccc(-c2ccc3c(c2)c2ccccc2c2nc4ccccc4n32)cc1.O=P(c1ccccc1)(c1ccccc1)c1ccc2c(c1)c1ccccc1c1nc3ccccc3n21. The maximum Gasteiger partial charge on any atom is 0.171 e. The molecule has 0 spiro atoms. The molecule has 0 saturated heterocycles. The predicted molar refractivity (Wildman–Crippen MR) is 518 cm³/mol. The lowest BCUT2D eigenvalue weighted by molar-refractivity contribution is 0.591. The van der Waals surface area contributed by atoms with E-state index in [9.17, 15) is 9.13 Å². The van der Waals surface area contributed by atoms with Gasteiger partial charge in [0.25, 0.3) is 0 Å². The lowest BCUT2D eigenvalue weighted by Gasteiger charge is -2.21. The highest BCUT2D eigenvalue weighted by atomic mass is 31.2. The fourth-order valence-electron chi connectivity index (χ4n) is 18.2. The van der Waals surface area contributed by atoms with Crippen LogP contribution in [0.1, 0.15) is 0 Å². The van der Waals surface area contributed by atoms with Crippen LogP contribution in [0.4, 0.5) is 0 Å². The fraction of sp³-hybridized carbons (Fsp3) is 0. The van der Waals surface area contributed by atoms with Crippen molar-refractivity contribution in [3.63, 3.8) is 0 Å². The summed E-state index contributed by atoms with van der Waals surface area (Å²) < 4.78 is 51.3. The highest BCUT2D eigenvalue weighted by molar-refractivity contribution is 7.86. The van der Waals surface area contributed by atoms with Crippen molar-refractivity contribution in [1.82, 2.24) is 28.2 Å². The number of fused-ring (bicyclic) bond motifs is 24. The van der Waals surface area contributed by atoms with Crippen molar-refractivity contribution in [1.29, 1.82) is 0 Å². The molecule has 12 heteroatoms. The van der Waals surface area contributed by atoms with Crippen molar-refractivity contribution in [2.45, 2.75) is 0 Å². The summed E-state index contributed by atoms with van der Waals surface area (Å²) in [5.74, 6) is 0. The Morgan fingerprint density at radius 3 is 0.659 bits per heavy atom. The Balaban J connectivity index is 0.000000111. The lowest BCUT2D eigenvalue weighted by atomic mass is 9.97. The summed E-state index contributed by atoms with van der Waals surface area (Å²) in [5.41, 5.74) is 19.2. The van der Waals surface area contributed by atoms with Gasteiger partial charge < -0.3 is 13.7 Å². The number of hydrogen-bond donors (Lipinski definition) is 0. The van der Waals surface area contributed by atoms with E-state index in [0.717, 1.165) is 169 Å². The van der Waals surface area contributed by atoms with Gasteiger partial charge >= 0.3 is 0 Å². The van der Waals surface area contributed by atoms with E-state index in [1.165, 1.54) is 27.1 Å². The average molecular weight is 1630 g/mol. The summed E-state index contributed by atoms with van der Waals surface area (Å²) in [6, 6.07) is 154. The largest absolute Gasteiger partial charge is 0.309 e. The molecule has 18 aromatic carbocycles. The van der Waals surface area contributed by atoms with E-state index in [-0.39, 0.29) is 0 Å². The number of aromatic nitrogens is 6. The molecule has 0 aliphatic carbocycles. The highest BCUT2D eigenvalue weighted by Gasteiger charge is 2.33. The summed E-state index contributed by atoms with van der Waals surface area (Å²) in [5, 5.41) is 17.8. The zero-order valence-corrected chi connectivity index (χ0v) is 69.2. The van der Waals surface area contributed by atoms with Crippen molar-refractivity contribution < 1.29 is 13.7 Å². The first-order chi connectivity index (χ1) is 60.6. The first-order valence-electron chi connectivity index (χ1n) is 41.3. The molecule has 0 unspecified atom stereocenters. The Bertz CT molecular complexity index is 8250. The van der Waals surface area contributed by atoms with E-state index >= 15 is 4.57 Å². The zero-order valence-electron chi connectivity index (χ0n) is 66.6. The van der Waals surface area contributed by atoms with Crippen LogP contribution in [0.5, 0.6) is 0 Å². The van der Waals surface area contributed by atoms with Gasteiger partial charge in [-0.1, -0.05) is 376 Å². The van der Waals surface area contributed by atoms with Crippen molar-refractivity contribution >= 4 is 184 Å². The van der Waals surface area contributed by atoms with Gasteiger partial charge in [-0.2, -0.15) is 0 Å². The summed E-state index contributed by atoms with van der Waals surface area (Å²) in [7, 11) is -9.10. The molecule has 0 radical (unpaired) electrons. The van der Waals surface area contributed by atoms with Crippen LogP contribution in [0.15, 0.2) is 455 Å². The van der Waals surface area contributed by atoms with Gasteiger partial charge in [0.15, 0.2) is 21.4 Å². The molecule has 0 fully saturated rings. The summed E-state index contributed by atoms with van der Waals surface area (Å²) in [6.07, 6.45) is 0. The lowest BCUT2D eigenvalue weighted by Crippen LogP contribution is -2.25. The second-order valence-electron chi connectivity index (χ2n) is 31.1. The average Bonchev–Trinajstić information content (AvgIpc) is 1.68. The van der Waals surface area contributed by atoms with Crippen LogP contribution in [0.25, 0.3) is 148 Å². The number of pyridine rings is 3. The molecule has 0 aliphatic rings. The molecule has 24 rings (SSSR count). The van der Waals surface area contributed by atoms with Crippen molar-refractivity contribution in [2.75, 3.05) is 0 Å². The Morgan fingerprint density at radius 2 is 0.358 bits per heavy atom. The van der Waals surface area contributed by atoms with E-state index in [4.69, 9.17) is 15.0 Å². The second kappa shape index (κ2) is 30.7. The van der Waals surface area contributed by atoms with Gasteiger partial charge in [0, 0.05) is 80.1 Å². The molecule has 9 nitrogen and oxygen atoms in total. The minimum atomic E-state index is -3.08. The van der Waals surface area contributed by atoms with Crippen LogP contribution < -0.4 is 47.7 Å². The van der Waals surface area contributed by atoms with Gasteiger partial charge in [-0.05, 0) is 128 Å². The molecule has 582 valence electrons. The molecular weight excluding hydrogens is 1560 g/mol. The molecule has 0 bridgehead atoms. The summed E-state index contributed by atoms with van der Waals surface area (Å²) in [4.78, 5) is 15.0. The van der Waals surface area contributed by atoms with Gasteiger partial charge in [0.1, 0.15) is 16.9 Å². The molecule has 24 aromatic rings. The number of imidazole rings is 3. The predicted octanol–water partition coefficient (Wildman–Crippen LogP) is 24.3. The van der Waals surface area contributed by atoms with E-state index in [2.05, 4.69) is 232 Å². The van der Waals surface area contributed by atoms with E-state index in [1.807, 2.05) is 237 Å². The van der Waals surface area contributed by atoms with E-state index in [1.54, 1.807) is 0 Å². The zero-order chi connectivity index (χ0) is 82.2. The van der Waals surface area contributed by atoms with Gasteiger partial charge in [0.05, 0.1) is 49.7 Å². The molecule has 123 heavy (non-hydrogen) atoms. The standard InChI is InChI=1S/C43H29N2OP.C37H25N2OP.C31H21N2OP/c46-47(34-11-3-1-4-12-34,35-13-5-2-6-14-35)36-26-23-31(24-27-36)30-19-21-32(22-20-30)33-25-28-41-39(29-33)37-15-7-8-16-38(37)43-44-40-17-9-10-18-42(40)45(41)43;40-41(28-11-3-1-4-12-28,29-13-5-2-6-14-29)30-22-19-26(20-23-30)27-21-24-35-33(25-27)31-15-7-8-16-32(31)37-38-34-17-9-10-18-36(34)39(35)37;34-35(22-11-3-1-4-12-22,23-13-5-2-6-14-23)24-19-20-29-27(21-24)25-15-7-8-16-26(25)31-32-28-17-9-10-18-30(28)33(29)31/h1-29H;1-25H;1-21H. The Kier molecular flexibility index (Phi) is 18.6. The monoisotopic (exact) mass is 1630 g/mol. The smallest absolute Gasteiger partial charge is 0.171 e. The first kappa shape index (κ1) is 74.4. The summed E-state index contributed by atoms with van der Waals surface area (Å²) >= 11 is 0. The third-order valence-corrected chi connectivity index (χ3v) is 33.4. The fourth-order valence-corrected chi connectivity index (χ4v) is 26.2. The topological polar surface area (TPSA) is 103 Å². The summed E-state index contributed by atoms with van der Waals surface area (Å²) in [6.45, 7) is 0. The number of para-hydroxylation sites is 6. The maximum absolute atomic E-state index is 15.0. The highest BCUT2D eigenvalue weighted by Crippen LogP contribution is 2.48. The third kappa shape index (κ3) is 12.6. The molecule has 0 saturated carbocycles. The first-order valence-corrected chi connectivity index (χ1v) is 46.4. The number of benzene rings is 18. The number of rotatable bonds is 12. The van der Waals surface area contributed by atoms with Gasteiger partial charge in [-0.25, -0.2) is 15.0 Å². The Morgan fingerprint density at radius 1 is 0.154 bits per heavy atom. The van der Waals surface area contributed by atoms with Crippen LogP contribution in [-0.2, 0) is 13.7 Å². The van der Waals surface area contributed by atoms with Gasteiger partial charge in [-0.15, -0.1) is 0 Å². The maximum atomic E-state index is 15.0. The molecule has 0 aliphatic heterocycles. The van der Waals surface area contributed by atoms with Crippen LogP contribution in [0, 0.1) is 0 Å². The molecule has 0 N–H and O–H groups in total. The van der Waals surface area contributed by atoms with E-state index in [0.29, 0.717) is 0 Å². The minimum Gasteiger partial charge on any atom is -0.309 e. The molecule has 6 heterocycles. The Hall–Kier alpha value is -14.9. The third-order valence-electron chi connectivity index (χ3n) is 24.2.